The maximum Gasteiger partial charge on any atom is 0.269 e. The summed E-state index contributed by atoms with van der Waals surface area (Å²) in [5.74, 6) is -0.546. The third-order valence-corrected chi connectivity index (χ3v) is 2.15. The van der Waals surface area contributed by atoms with Crippen molar-refractivity contribution in [2.75, 3.05) is 0 Å². The molecule has 1 heterocycles. The lowest BCUT2D eigenvalue weighted by molar-refractivity contribution is 0.0995. The van der Waals surface area contributed by atoms with Gasteiger partial charge in [-0.2, -0.15) is 5.10 Å². The van der Waals surface area contributed by atoms with E-state index in [4.69, 9.17) is 17.3 Å². The molecule has 0 unspecified atom stereocenters. The predicted octanol–water partition coefficient (Wildman–Crippen LogP) is 1.62. The van der Waals surface area contributed by atoms with Gasteiger partial charge in [0, 0.05) is 11.2 Å². The van der Waals surface area contributed by atoms with Crippen molar-refractivity contribution in [3.05, 3.63) is 47.2 Å². The number of amides is 1. The van der Waals surface area contributed by atoms with Crippen molar-refractivity contribution in [1.29, 1.82) is 0 Å². The summed E-state index contributed by atoms with van der Waals surface area (Å²) < 4.78 is 1.55. The molecule has 0 radical (unpaired) electrons. The van der Waals surface area contributed by atoms with Gasteiger partial charge < -0.3 is 5.73 Å². The topological polar surface area (TPSA) is 60.9 Å². The van der Waals surface area contributed by atoms with Gasteiger partial charge in [0.1, 0.15) is 5.69 Å². The molecule has 1 amide bonds. The Morgan fingerprint density at radius 3 is 2.80 bits per heavy atom. The van der Waals surface area contributed by atoms with Crippen molar-refractivity contribution < 1.29 is 4.79 Å². The molecule has 2 aromatic rings. The van der Waals surface area contributed by atoms with Crippen LogP contribution in [0.5, 0.6) is 0 Å². The van der Waals surface area contributed by atoms with Gasteiger partial charge in [0.25, 0.3) is 5.91 Å². The summed E-state index contributed by atoms with van der Waals surface area (Å²) in [5.41, 5.74) is 6.11. The van der Waals surface area contributed by atoms with E-state index >= 15 is 0 Å². The van der Waals surface area contributed by atoms with Gasteiger partial charge in [-0.1, -0.05) is 17.7 Å². The van der Waals surface area contributed by atoms with Crippen LogP contribution in [0.4, 0.5) is 0 Å². The molecule has 76 valence electrons. The quantitative estimate of drug-likeness (QED) is 0.838. The zero-order chi connectivity index (χ0) is 10.8. The van der Waals surface area contributed by atoms with E-state index in [0.29, 0.717) is 5.02 Å². The van der Waals surface area contributed by atoms with Crippen molar-refractivity contribution >= 4 is 17.5 Å². The minimum absolute atomic E-state index is 0.231. The molecule has 15 heavy (non-hydrogen) atoms. The monoisotopic (exact) mass is 221 g/mol. The molecule has 0 spiro atoms. The fraction of sp³-hybridized carbons (Fsp3) is 0. The van der Waals surface area contributed by atoms with Crippen molar-refractivity contribution in [3.8, 4) is 5.69 Å². The highest BCUT2D eigenvalue weighted by Crippen LogP contribution is 2.14. The number of primary amides is 1. The number of carbonyl (C=O) groups excluding carboxylic acids is 1. The van der Waals surface area contributed by atoms with Crippen LogP contribution in [0.1, 0.15) is 10.5 Å². The van der Waals surface area contributed by atoms with E-state index in [2.05, 4.69) is 5.10 Å². The summed E-state index contributed by atoms with van der Waals surface area (Å²) in [6.45, 7) is 0. The smallest absolute Gasteiger partial charge is 0.269 e. The molecule has 0 bridgehead atoms. The molecular weight excluding hydrogens is 214 g/mol. The Bertz CT molecular complexity index is 507. The maximum atomic E-state index is 10.8. The van der Waals surface area contributed by atoms with E-state index < -0.39 is 5.91 Å². The number of carbonyl (C=O) groups is 1. The Morgan fingerprint density at radius 1 is 1.40 bits per heavy atom. The summed E-state index contributed by atoms with van der Waals surface area (Å²) in [5, 5.41) is 4.62. The number of hydrogen-bond donors (Lipinski definition) is 1. The molecular formula is C10H8ClN3O. The molecule has 2 N–H and O–H groups in total. The zero-order valence-electron chi connectivity index (χ0n) is 7.72. The lowest BCUT2D eigenvalue weighted by Gasteiger charge is -2.00. The fourth-order valence-corrected chi connectivity index (χ4v) is 1.40. The highest BCUT2D eigenvalue weighted by molar-refractivity contribution is 6.30. The first-order chi connectivity index (χ1) is 7.16. The summed E-state index contributed by atoms with van der Waals surface area (Å²) in [6.07, 6.45) is 1.66. The Balaban J connectivity index is 2.41. The van der Waals surface area contributed by atoms with Crippen LogP contribution in [0.25, 0.3) is 5.69 Å². The predicted molar refractivity (Wildman–Crippen MR) is 57.1 cm³/mol. The summed E-state index contributed by atoms with van der Waals surface area (Å²) >= 11 is 5.83. The third-order valence-electron chi connectivity index (χ3n) is 1.91. The van der Waals surface area contributed by atoms with Gasteiger partial charge in [0.05, 0.1) is 5.69 Å². The average Bonchev–Trinajstić information content (AvgIpc) is 2.66. The van der Waals surface area contributed by atoms with Gasteiger partial charge in [-0.3, -0.25) is 4.79 Å². The van der Waals surface area contributed by atoms with E-state index in [-0.39, 0.29) is 5.69 Å². The second-order valence-corrected chi connectivity index (χ2v) is 3.43. The number of aromatic nitrogens is 2. The molecule has 5 heteroatoms. The number of nitrogens with zero attached hydrogens (tertiary/aromatic N) is 2. The number of halogens is 1. The van der Waals surface area contributed by atoms with E-state index in [1.54, 1.807) is 29.1 Å². The van der Waals surface area contributed by atoms with E-state index in [1.165, 1.54) is 0 Å². The van der Waals surface area contributed by atoms with Crippen molar-refractivity contribution in [1.82, 2.24) is 9.78 Å². The highest BCUT2D eigenvalue weighted by Gasteiger charge is 2.05. The van der Waals surface area contributed by atoms with Gasteiger partial charge in [0.2, 0.25) is 0 Å². The van der Waals surface area contributed by atoms with Crippen LogP contribution in [0.2, 0.25) is 5.02 Å². The van der Waals surface area contributed by atoms with Gasteiger partial charge in [-0.15, -0.1) is 0 Å². The van der Waals surface area contributed by atoms with Crippen molar-refractivity contribution in [2.24, 2.45) is 5.73 Å². The second kappa shape index (κ2) is 3.74. The molecule has 1 aromatic heterocycles. The van der Waals surface area contributed by atoms with E-state index in [0.717, 1.165) is 5.69 Å². The lowest BCUT2D eigenvalue weighted by atomic mass is 10.3. The van der Waals surface area contributed by atoms with E-state index in [1.807, 2.05) is 12.1 Å². The molecule has 0 fully saturated rings. The van der Waals surface area contributed by atoms with Crippen LogP contribution < -0.4 is 5.73 Å². The average molecular weight is 222 g/mol. The second-order valence-electron chi connectivity index (χ2n) is 2.99. The van der Waals surface area contributed by atoms with Gasteiger partial charge in [-0.05, 0) is 24.3 Å². The molecule has 0 aliphatic rings. The molecule has 0 aliphatic heterocycles. The van der Waals surface area contributed by atoms with Crippen LogP contribution in [-0.2, 0) is 0 Å². The first kappa shape index (κ1) is 9.73. The van der Waals surface area contributed by atoms with Crippen molar-refractivity contribution in [3.63, 3.8) is 0 Å². The first-order valence-corrected chi connectivity index (χ1v) is 4.66. The lowest BCUT2D eigenvalue weighted by Crippen LogP contribution is -2.12. The number of rotatable bonds is 2. The summed E-state index contributed by atoms with van der Waals surface area (Å²) in [4.78, 5) is 10.8. The zero-order valence-corrected chi connectivity index (χ0v) is 8.48. The molecule has 0 saturated carbocycles. The van der Waals surface area contributed by atoms with Crippen LogP contribution in [0.3, 0.4) is 0 Å². The third kappa shape index (κ3) is 1.99. The SMILES string of the molecule is NC(=O)c1ccn(-c2cccc(Cl)c2)n1. The Morgan fingerprint density at radius 2 is 2.20 bits per heavy atom. The minimum atomic E-state index is -0.546. The maximum absolute atomic E-state index is 10.8. The van der Waals surface area contributed by atoms with Crippen LogP contribution in [0.15, 0.2) is 36.5 Å². The Labute approximate surface area is 91.3 Å². The summed E-state index contributed by atoms with van der Waals surface area (Å²) in [6, 6.07) is 8.72. The number of hydrogen-bond acceptors (Lipinski definition) is 2. The van der Waals surface area contributed by atoms with E-state index in [9.17, 15) is 4.79 Å². The molecule has 0 aliphatic carbocycles. The standard InChI is InChI=1S/C10H8ClN3O/c11-7-2-1-3-8(6-7)14-5-4-9(13-14)10(12)15/h1-6H,(H2,12,15). The molecule has 0 atom stereocenters. The normalized spacial score (nSPS) is 10.2. The number of nitrogens with two attached hydrogens (primary N) is 1. The molecule has 2 rings (SSSR count). The minimum Gasteiger partial charge on any atom is -0.364 e. The molecule has 1 aromatic carbocycles. The van der Waals surface area contributed by atoms with Crippen LogP contribution in [-0.4, -0.2) is 15.7 Å². The van der Waals surface area contributed by atoms with Gasteiger partial charge in [0.15, 0.2) is 0 Å². The van der Waals surface area contributed by atoms with Gasteiger partial charge >= 0.3 is 0 Å². The molecule has 4 nitrogen and oxygen atoms in total. The largest absolute Gasteiger partial charge is 0.364 e. The molecule has 0 saturated heterocycles. The Kier molecular flexibility index (Phi) is 2.43. The Hall–Kier alpha value is -1.81. The highest BCUT2D eigenvalue weighted by atomic mass is 35.5. The van der Waals surface area contributed by atoms with Crippen molar-refractivity contribution in [2.45, 2.75) is 0 Å². The van der Waals surface area contributed by atoms with Crippen LogP contribution >= 0.6 is 11.6 Å². The fourth-order valence-electron chi connectivity index (χ4n) is 1.22. The summed E-state index contributed by atoms with van der Waals surface area (Å²) in [7, 11) is 0. The van der Waals surface area contributed by atoms with Crippen LogP contribution in [0, 0.1) is 0 Å². The first-order valence-electron chi connectivity index (χ1n) is 4.28. The number of benzene rings is 1. The van der Waals surface area contributed by atoms with Gasteiger partial charge in [-0.25, -0.2) is 4.68 Å².